The maximum Gasteiger partial charge on any atom is 0.303 e. The normalized spacial score (nSPS) is 13.9. The van der Waals surface area contributed by atoms with Crippen LogP contribution in [0.2, 0.25) is 0 Å². The Hall–Kier alpha value is -3.46. The molecule has 1 aliphatic heterocycles. The topological polar surface area (TPSA) is 109 Å². The van der Waals surface area contributed by atoms with Crippen molar-refractivity contribution in [2.24, 2.45) is 0 Å². The highest BCUT2D eigenvalue weighted by Crippen LogP contribution is 2.29. The number of furan rings is 1. The highest BCUT2D eigenvalue weighted by molar-refractivity contribution is 5.76. The minimum atomic E-state index is -0.762. The smallest absolute Gasteiger partial charge is 0.303 e. The second kappa shape index (κ2) is 14.2. The van der Waals surface area contributed by atoms with E-state index in [2.05, 4.69) is 0 Å². The number of para-hydroxylation sites is 1. The van der Waals surface area contributed by atoms with Crippen LogP contribution >= 0.6 is 0 Å². The van der Waals surface area contributed by atoms with E-state index in [9.17, 15) is 14.7 Å². The molecule has 2 aromatic carbocycles. The molecular weight excluding hydrogens is 462 g/mol. The Kier molecular flexibility index (Phi) is 10.7. The highest BCUT2D eigenvalue weighted by atomic mass is 16.5. The number of carbonyl (C=O) groups is 2. The maximum atomic E-state index is 10.5. The predicted molar refractivity (Wildman–Crippen MR) is 135 cm³/mol. The van der Waals surface area contributed by atoms with E-state index < -0.39 is 12.2 Å². The summed E-state index contributed by atoms with van der Waals surface area (Å²) in [6.45, 7) is 1.79. The molecule has 2 N–H and O–H groups in total. The van der Waals surface area contributed by atoms with E-state index in [1.807, 2.05) is 60.5 Å². The average Bonchev–Trinajstić information content (AvgIpc) is 3.40. The molecule has 2 heterocycles. The number of hydrogen-bond donors (Lipinski definition) is 2. The van der Waals surface area contributed by atoms with Gasteiger partial charge in [-0.1, -0.05) is 42.5 Å². The summed E-state index contributed by atoms with van der Waals surface area (Å²) in [4.78, 5) is 22.7. The van der Waals surface area contributed by atoms with Gasteiger partial charge in [0.05, 0.1) is 32.1 Å². The van der Waals surface area contributed by atoms with Crippen LogP contribution in [0.25, 0.3) is 11.3 Å². The van der Waals surface area contributed by atoms with Gasteiger partial charge in [0.2, 0.25) is 0 Å². The molecule has 8 nitrogen and oxygen atoms in total. The van der Waals surface area contributed by atoms with Crippen molar-refractivity contribution in [2.75, 3.05) is 26.9 Å². The number of carboxylic acid groups (broad SMARTS) is 1. The van der Waals surface area contributed by atoms with Crippen molar-refractivity contribution in [1.82, 2.24) is 4.90 Å². The lowest BCUT2D eigenvalue weighted by molar-refractivity contribution is -0.137. The molecule has 1 aliphatic rings. The predicted octanol–water partition coefficient (Wildman–Crippen LogP) is 4.79. The van der Waals surface area contributed by atoms with Gasteiger partial charge in [-0.3, -0.25) is 14.5 Å². The molecule has 0 radical (unpaired) electrons. The monoisotopic (exact) mass is 495 g/mol. The Labute approximate surface area is 211 Å². The summed E-state index contributed by atoms with van der Waals surface area (Å²) in [5.74, 6) is 0.727. The number of aliphatic hydroxyl groups is 1. The van der Waals surface area contributed by atoms with Gasteiger partial charge in [0.1, 0.15) is 24.0 Å². The number of aliphatic hydroxyl groups excluding tert-OH is 1. The van der Waals surface area contributed by atoms with Crippen molar-refractivity contribution < 1.29 is 33.7 Å². The number of nitrogens with zero attached hydrogens (tertiary/aromatic N) is 1. The van der Waals surface area contributed by atoms with E-state index in [0.717, 1.165) is 36.0 Å². The molecule has 3 aromatic rings. The fourth-order valence-corrected chi connectivity index (χ4v) is 3.61. The second-order valence-corrected chi connectivity index (χ2v) is 8.54. The Morgan fingerprint density at radius 1 is 1.08 bits per heavy atom. The summed E-state index contributed by atoms with van der Waals surface area (Å²) in [5, 5.41) is 19.1. The molecule has 1 aromatic heterocycles. The second-order valence-electron chi connectivity index (χ2n) is 8.54. The standard InChI is InChI=1S/C17H25NO5.C11H8O2/c1-18(13-11-22-12-13)17(21)14-7-4-5-8-15(14)23-10-6-2-3-9-16(19)20;12-8-9-3-5-10(6-4-9)11-2-1-7-13-11/h4-5,7-8,13,17,21H,2-3,6,9-12H2,1H3,(H,19,20);1-8H. The van der Waals surface area contributed by atoms with Gasteiger partial charge in [0, 0.05) is 23.1 Å². The zero-order valence-electron chi connectivity index (χ0n) is 20.4. The largest absolute Gasteiger partial charge is 0.493 e. The minimum Gasteiger partial charge on any atom is -0.493 e. The first kappa shape index (κ1) is 27.1. The van der Waals surface area contributed by atoms with Crippen LogP contribution in [0.4, 0.5) is 0 Å². The first-order valence-electron chi connectivity index (χ1n) is 12.0. The maximum absolute atomic E-state index is 10.5. The molecule has 36 heavy (non-hydrogen) atoms. The van der Waals surface area contributed by atoms with Crippen molar-refractivity contribution >= 4 is 12.3 Å². The van der Waals surface area contributed by atoms with E-state index >= 15 is 0 Å². The van der Waals surface area contributed by atoms with Crippen LogP contribution in [0.5, 0.6) is 5.75 Å². The Balaban J connectivity index is 0.000000233. The van der Waals surface area contributed by atoms with Gasteiger partial charge < -0.3 is 24.1 Å². The summed E-state index contributed by atoms with van der Waals surface area (Å²) in [5.41, 5.74) is 2.40. The van der Waals surface area contributed by atoms with Crippen LogP contribution in [0.1, 0.15) is 47.8 Å². The lowest BCUT2D eigenvalue weighted by atomic mass is 10.1. The van der Waals surface area contributed by atoms with Gasteiger partial charge in [0.25, 0.3) is 0 Å². The van der Waals surface area contributed by atoms with Crippen molar-refractivity contribution in [3.63, 3.8) is 0 Å². The van der Waals surface area contributed by atoms with Gasteiger partial charge in [-0.15, -0.1) is 0 Å². The van der Waals surface area contributed by atoms with Crippen molar-refractivity contribution in [3.05, 3.63) is 78.1 Å². The van der Waals surface area contributed by atoms with Crippen molar-refractivity contribution in [2.45, 2.75) is 38.0 Å². The molecule has 1 saturated heterocycles. The van der Waals surface area contributed by atoms with Crippen LogP contribution in [-0.2, 0) is 9.53 Å². The summed E-state index contributed by atoms with van der Waals surface area (Å²) in [6.07, 6.45) is 4.19. The summed E-state index contributed by atoms with van der Waals surface area (Å²) in [6, 6.07) is 18.7. The zero-order chi connectivity index (χ0) is 25.8. The Morgan fingerprint density at radius 3 is 2.44 bits per heavy atom. The molecule has 192 valence electrons. The molecule has 0 amide bonds. The molecule has 1 fully saturated rings. The number of carbonyl (C=O) groups excluding carboxylic acids is 1. The van der Waals surface area contributed by atoms with E-state index in [1.165, 1.54) is 0 Å². The molecule has 4 rings (SSSR count). The highest BCUT2D eigenvalue weighted by Gasteiger charge is 2.29. The number of aliphatic carboxylic acids is 1. The van der Waals surface area contributed by atoms with Crippen LogP contribution in [0.15, 0.2) is 71.3 Å². The third-order valence-corrected chi connectivity index (χ3v) is 5.92. The number of rotatable bonds is 12. The Morgan fingerprint density at radius 2 is 1.83 bits per heavy atom. The number of aldehydes is 1. The van der Waals surface area contributed by atoms with Crippen LogP contribution < -0.4 is 4.74 Å². The molecule has 0 spiro atoms. The number of unbranched alkanes of at least 4 members (excludes halogenated alkanes) is 2. The van der Waals surface area contributed by atoms with Gasteiger partial charge in [-0.2, -0.15) is 0 Å². The third-order valence-electron chi connectivity index (χ3n) is 5.92. The Bertz CT molecular complexity index is 1060. The molecule has 0 saturated carbocycles. The van der Waals surface area contributed by atoms with Crippen molar-refractivity contribution in [3.8, 4) is 17.1 Å². The fraction of sp³-hybridized carbons (Fsp3) is 0.357. The summed E-state index contributed by atoms with van der Waals surface area (Å²) >= 11 is 0. The minimum absolute atomic E-state index is 0.198. The van der Waals surface area contributed by atoms with E-state index in [-0.39, 0.29) is 12.5 Å². The number of hydrogen-bond acceptors (Lipinski definition) is 7. The van der Waals surface area contributed by atoms with Crippen molar-refractivity contribution in [1.29, 1.82) is 0 Å². The molecule has 0 aliphatic carbocycles. The number of carboxylic acids is 1. The van der Waals surface area contributed by atoms with Crippen LogP contribution in [-0.4, -0.2) is 60.3 Å². The molecule has 1 atom stereocenters. The molecule has 0 bridgehead atoms. The van der Waals surface area contributed by atoms with Crippen LogP contribution in [0.3, 0.4) is 0 Å². The molecule has 1 unspecified atom stereocenters. The lowest BCUT2D eigenvalue weighted by Gasteiger charge is -2.37. The summed E-state index contributed by atoms with van der Waals surface area (Å²) < 4.78 is 16.2. The molecular formula is C28H33NO7. The van der Waals surface area contributed by atoms with E-state index in [4.69, 9.17) is 19.0 Å². The first-order valence-corrected chi connectivity index (χ1v) is 12.0. The van der Waals surface area contributed by atoms with E-state index in [0.29, 0.717) is 37.6 Å². The quantitative estimate of drug-likeness (QED) is 0.210. The lowest BCUT2D eigenvalue weighted by Crippen LogP contribution is -2.48. The van der Waals surface area contributed by atoms with E-state index in [1.54, 1.807) is 18.4 Å². The van der Waals surface area contributed by atoms with Crippen LogP contribution in [0, 0.1) is 0 Å². The van der Waals surface area contributed by atoms with Gasteiger partial charge in [-0.25, -0.2) is 0 Å². The number of benzene rings is 2. The van der Waals surface area contributed by atoms with Gasteiger partial charge in [0.15, 0.2) is 0 Å². The summed E-state index contributed by atoms with van der Waals surface area (Å²) in [7, 11) is 1.88. The number of ether oxygens (including phenoxy) is 2. The van der Waals surface area contributed by atoms with Gasteiger partial charge in [-0.05, 0) is 44.5 Å². The average molecular weight is 496 g/mol. The molecule has 8 heteroatoms. The number of likely N-dealkylation sites (N-methyl/N-ethyl adjacent to an activating group) is 1. The third kappa shape index (κ3) is 8.05. The zero-order valence-corrected chi connectivity index (χ0v) is 20.4. The fourth-order valence-electron chi connectivity index (χ4n) is 3.61. The SMILES string of the molecule is CN(C1COC1)C(O)c1ccccc1OCCCCCC(=O)O.O=Cc1ccc(-c2ccco2)cc1. The first-order chi connectivity index (χ1) is 17.5. The van der Waals surface area contributed by atoms with Gasteiger partial charge >= 0.3 is 5.97 Å².